The van der Waals surface area contributed by atoms with Gasteiger partial charge in [-0.15, -0.1) is 0 Å². The molecular weight excluding hydrogens is 220 g/mol. The van der Waals surface area contributed by atoms with Crippen molar-refractivity contribution in [3.8, 4) is 0 Å². The number of hydrogen-bond acceptors (Lipinski definition) is 2. The first-order valence-electron chi connectivity index (χ1n) is 5.87. The van der Waals surface area contributed by atoms with Crippen molar-refractivity contribution in [2.75, 3.05) is 13.1 Å². The Kier molecular flexibility index (Phi) is 3.85. The van der Waals surface area contributed by atoms with Gasteiger partial charge in [0.25, 0.3) is 0 Å². The predicted octanol–water partition coefficient (Wildman–Crippen LogP) is 2.52. The molecule has 2 atom stereocenters. The molecule has 1 saturated heterocycles. The third-order valence-corrected chi connectivity index (χ3v) is 3.40. The SMILES string of the molecule is C[C@@H]1CN[C@@H](C)CN1Cc1cccc(Cl)c1. The Labute approximate surface area is 103 Å². The van der Waals surface area contributed by atoms with Crippen LogP contribution in [0.25, 0.3) is 0 Å². The van der Waals surface area contributed by atoms with E-state index in [1.54, 1.807) is 0 Å². The maximum atomic E-state index is 6.00. The minimum absolute atomic E-state index is 0.579. The molecule has 1 aliphatic heterocycles. The summed E-state index contributed by atoms with van der Waals surface area (Å²) in [5.74, 6) is 0. The first-order chi connectivity index (χ1) is 7.65. The molecule has 3 heteroatoms. The Balaban J connectivity index is 2.02. The Morgan fingerprint density at radius 3 is 3.00 bits per heavy atom. The molecule has 1 fully saturated rings. The van der Waals surface area contributed by atoms with E-state index in [9.17, 15) is 0 Å². The topological polar surface area (TPSA) is 15.3 Å². The summed E-state index contributed by atoms with van der Waals surface area (Å²) in [7, 11) is 0. The fourth-order valence-corrected chi connectivity index (χ4v) is 2.40. The highest BCUT2D eigenvalue weighted by Crippen LogP contribution is 2.15. The molecule has 1 aromatic rings. The molecule has 1 aliphatic rings. The molecule has 0 radical (unpaired) electrons. The van der Waals surface area contributed by atoms with E-state index < -0.39 is 0 Å². The van der Waals surface area contributed by atoms with E-state index in [0.29, 0.717) is 12.1 Å². The van der Waals surface area contributed by atoms with Gasteiger partial charge in [-0.05, 0) is 31.5 Å². The third-order valence-electron chi connectivity index (χ3n) is 3.17. The number of rotatable bonds is 2. The van der Waals surface area contributed by atoms with Crippen LogP contribution in [0.5, 0.6) is 0 Å². The van der Waals surface area contributed by atoms with Crippen LogP contribution in [0, 0.1) is 0 Å². The fraction of sp³-hybridized carbons (Fsp3) is 0.538. The molecular formula is C13H19ClN2. The second-order valence-electron chi connectivity index (χ2n) is 4.72. The summed E-state index contributed by atoms with van der Waals surface area (Å²) in [6, 6.07) is 9.32. The van der Waals surface area contributed by atoms with Crippen LogP contribution in [-0.4, -0.2) is 30.1 Å². The molecule has 0 amide bonds. The first kappa shape index (κ1) is 11.9. The van der Waals surface area contributed by atoms with Crippen molar-refractivity contribution in [3.05, 3.63) is 34.9 Å². The summed E-state index contributed by atoms with van der Waals surface area (Å²) < 4.78 is 0. The van der Waals surface area contributed by atoms with Crippen LogP contribution in [0.3, 0.4) is 0 Å². The Morgan fingerprint density at radius 2 is 2.25 bits per heavy atom. The third kappa shape index (κ3) is 2.97. The van der Waals surface area contributed by atoms with E-state index in [1.807, 2.05) is 12.1 Å². The number of halogens is 1. The lowest BCUT2D eigenvalue weighted by Crippen LogP contribution is -2.53. The summed E-state index contributed by atoms with van der Waals surface area (Å²) >= 11 is 6.00. The molecule has 2 rings (SSSR count). The standard InChI is InChI=1S/C13H19ClN2/c1-10-8-16(11(2)7-15-10)9-12-4-3-5-13(14)6-12/h3-6,10-11,15H,7-9H2,1-2H3/t10-,11+/m0/s1. The number of piperazine rings is 1. The van der Waals surface area contributed by atoms with Crippen LogP contribution in [0.4, 0.5) is 0 Å². The lowest BCUT2D eigenvalue weighted by Gasteiger charge is -2.37. The van der Waals surface area contributed by atoms with Crippen molar-refractivity contribution >= 4 is 11.6 Å². The summed E-state index contributed by atoms with van der Waals surface area (Å²) in [6.07, 6.45) is 0. The van der Waals surface area contributed by atoms with Crippen LogP contribution in [0.1, 0.15) is 19.4 Å². The van der Waals surface area contributed by atoms with Crippen LogP contribution in [0.2, 0.25) is 5.02 Å². The Morgan fingerprint density at radius 1 is 1.44 bits per heavy atom. The molecule has 0 bridgehead atoms. The summed E-state index contributed by atoms with van der Waals surface area (Å²) in [6.45, 7) is 7.67. The normalized spacial score (nSPS) is 26.9. The molecule has 0 saturated carbocycles. The zero-order valence-electron chi connectivity index (χ0n) is 9.91. The molecule has 0 spiro atoms. The van der Waals surface area contributed by atoms with Gasteiger partial charge in [0.15, 0.2) is 0 Å². The van der Waals surface area contributed by atoms with Crippen molar-refractivity contribution in [2.45, 2.75) is 32.5 Å². The second-order valence-corrected chi connectivity index (χ2v) is 5.15. The zero-order chi connectivity index (χ0) is 11.5. The quantitative estimate of drug-likeness (QED) is 0.852. The predicted molar refractivity (Wildman–Crippen MR) is 68.8 cm³/mol. The average Bonchev–Trinajstić information content (AvgIpc) is 2.24. The molecule has 1 N–H and O–H groups in total. The van der Waals surface area contributed by atoms with Gasteiger partial charge in [-0.2, -0.15) is 0 Å². The minimum Gasteiger partial charge on any atom is -0.311 e. The first-order valence-corrected chi connectivity index (χ1v) is 6.25. The molecule has 88 valence electrons. The van der Waals surface area contributed by atoms with Crippen molar-refractivity contribution in [2.24, 2.45) is 0 Å². The maximum absolute atomic E-state index is 6.00. The highest BCUT2D eigenvalue weighted by Gasteiger charge is 2.21. The van der Waals surface area contributed by atoms with Crippen molar-refractivity contribution in [3.63, 3.8) is 0 Å². The number of hydrogen-bond donors (Lipinski definition) is 1. The van der Waals surface area contributed by atoms with Gasteiger partial charge in [-0.3, -0.25) is 4.90 Å². The molecule has 16 heavy (non-hydrogen) atoms. The van der Waals surface area contributed by atoms with Gasteiger partial charge in [0.05, 0.1) is 0 Å². The van der Waals surface area contributed by atoms with E-state index in [2.05, 4.69) is 36.2 Å². The second kappa shape index (κ2) is 5.17. The van der Waals surface area contributed by atoms with Crippen molar-refractivity contribution < 1.29 is 0 Å². The highest BCUT2D eigenvalue weighted by molar-refractivity contribution is 6.30. The van der Waals surface area contributed by atoms with Gasteiger partial charge in [0.1, 0.15) is 0 Å². The fourth-order valence-electron chi connectivity index (χ4n) is 2.19. The van der Waals surface area contributed by atoms with E-state index in [-0.39, 0.29) is 0 Å². The minimum atomic E-state index is 0.579. The van der Waals surface area contributed by atoms with Gasteiger partial charge in [0, 0.05) is 36.7 Å². The number of nitrogens with one attached hydrogen (secondary N) is 1. The lowest BCUT2D eigenvalue weighted by molar-refractivity contribution is 0.139. The van der Waals surface area contributed by atoms with Crippen LogP contribution in [-0.2, 0) is 6.54 Å². The zero-order valence-corrected chi connectivity index (χ0v) is 10.7. The van der Waals surface area contributed by atoms with Gasteiger partial charge >= 0.3 is 0 Å². The Bertz CT molecular complexity index is 354. The summed E-state index contributed by atoms with van der Waals surface area (Å²) in [5.41, 5.74) is 1.30. The van der Waals surface area contributed by atoms with Crippen molar-refractivity contribution in [1.29, 1.82) is 0 Å². The van der Waals surface area contributed by atoms with Crippen molar-refractivity contribution in [1.82, 2.24) is 10.2 Å². The van der Waals surface area contributed by atoms with E-state index in [4.69, 9.17) is 11.6 Å². The van der Waals surface area contributed by atoms with E-state index >= 15 is 0 Å². The van der Waals surface area contributed by atoms with Gasteiger partial charge in [0.2, 0.25) is 0 Å². The molecule has 2 nitrogen and oxygen atoms in total. The van der Waals surface area contributed by atoms with Gasteiger partial charge in [-0.25, -0.2) is 0 Å². The highest BCUT2D eigenvalue weighted by atomic mass is 35.5. The maximum Gasteiger partial charge on any atom is 0.0409 e. The van der Waals surface area contributed by atoms with Crippen LogP contribution < -0.4 is 5.32 Å². The van der Waals surface area contributed by atoms with Crippen LogP contribution in [0.15, 0.2) is 24.3 Å². The van der Waals surface area contributed by atoms with Gasteiger partial charge in [-0.1, -0.05) is 23.7 Å². The largest absolute Gasteiger partial charge is 0.311 e. The van der Waals surface area contributed by atoms with E-state index in [0.717, 1.165) is 24.7 Å². The lowest BCUT2D eigenvalue weighted by atomic mass is 10.1. The molecule has 0 aromatic heterocycles. The Hall–Kier alpha value is -0.570. The average molecular weight is 239 g/mol. The smallest absolute Gasteiger partial charge is 0.0409 e. The van der Waals surface area contributed by atoms with E-state index in [1.165, 1.54) is 5.56 Å². The molecule has 0 aliphatic carbocycles. The van der Waals surface area contributed by atoms with Crippen LogP contribution >= 0.6 is 11.6 Å². The number of benzene rings is 1. The molecule has 1 heterocycles. The summed E-state index contributed by atoms with van der Waals surface area (Å²) in [4.78, 5) is 2.51. The van der Waals surface area contributed by atoms with Gasteiger partial charge < -0.3 is 5.32 Å². The monoisotopic (exact) mass is 238 g/mol. The summed E-state index contributed by atoms with van der Waals surface area (Å²) in [5, 5.41) is 4.32. The molecule has 1 aromatic carbocycles. The molecule has 0 unspecified atom stereocenters. The number of nitrogens with zero attached hydrogens (tertiary/aromatic N) is 1.